The zero-order chi connectivity index (χ0) is 19.5. The van der Waals surface area contributed by atoms with Crippen LogP contribution in [0.25, 0.3) is 0 Å². The molecule has 0 aliphatic carbocycles. The van der Waals surface area contributed by atoms with Crippen LogP contribution in [-0.2, 0) is 9.53 Å². The third-order valence-electron chi connectivity index (χ3n) is 4.20. The van der Waals surface area contributed by atoms with Gasteiger partial charge in [0.15, 0.2) is 0 Å². The van der Waals surface area contributed by atoms with Gasteiger partial charge in [0.1, 0.15) is 5.60 Å². The topological polar surface area (TPSA) is 102 Å². The third kappa shape index (κ3) is 4.93. The molecule has 2 rings (SSSR count). The van der Waals surface area contributed by atoms with E-state index in [1.54, 1.807) is 38.7 Å². The second-order valence-corrected chi connectivity index (χ2v) is 7.46. The third-order valence-corrected chi connectivity index (χ3v) is 4.20. The number of nitrogens with one attached hydrogen (secondary N) is 1. The van der Waals surface area contributed by atoms with E-state index in [4.69, 9.17) is 4.74 Å². The first-order chi connectivity index (χ1) is 12.1. The van der Waals surface area contributed by atoms with E-state index >= 15 is 0 Å². The number of piperidine rings is 1. The Morgan fingerprint density at radius 1 is 1.35 bits per heavy atom. The van der Waals surface area contributed by atoms with E-state index in [1.165, 1.54) is 12.1 Å². The first kappa shape index (κ1) is 19.7. The van der Waals surface area contributed by atoms with Gasteiger partial charge in [0.2, 0.25) is 5.91 Å². The fourth-order valence-corrected chi connectivity index (χ4v) is 2.87. The molecule has 1 aromatic rings. The Morgan fingerprint density at radius 2 is 2.04 bits per heavy atom. The molecular weight excluding hydrogens is 338 g/mol. The van der Waals surface area contributed by atoms with Crippen molar-refractivity contribution < 1.29 is 19.2 Å². The molecule has 8 nitrogen and oxygen atoms in total. The monoisotopic (exact) mass is 363 g/mol. The lowest BCUT2D eigenvalue weighted by Crippen LogP contribution is -2.45. The Morgan fingerprint density at radius 3 is 2.65 bits per heavy atom. The number of nitro groups is 1. The van der Waals surface area contributed by atoms with Crippen molar-refractivity contribution in [1.29, 1.82) is 0 Å². The number of hydrogen-bond donors (Lipinski definition) is 1. The van der Waals surface area contributed by atoms with Crippen LogP contribution < -0.4 is 5.32 Å². The molecular formula is C18H25N3O5. The van der Waals surface area contributed by atoms with Gasteiger partial charge in [-0.25, -0.2) is 4.79 Å². The highest BCUT2D eigenvalue weighted by atomic mass is 16.6. The molecule has 1 aliphatic rings. The molecule has 1 saturated heterocycles. The Balaban J connectivity index is 2.05. The highest BCUT2D eigenvalue weighted by molar-refractivity contribution is 5.94. The summed E-state index contributed by atoms with van der Waals surface area (Å²) < 4.78 is 5.37. The standard InChI is InChI=1S/C18H25N3O5/c1-12-14(8-5-9-15(12)21(24)25)19-16(22)13-7-6-10-20(11-13)17(23)26-18(2,3)4/h5,8-9,13H,6-7,10-11H2,1-4H3,(H,19,22). The summed E-state index contributed by atoms with van der Waals surface area (Å²) in [4.78, 5) is 36.9. The van der Waals surface area contributed by atoms with E-state index in [1.807, 2.05) is 0 Å². The minimum Gasteiger partial charge on any atom is -0.444 e. The number of carbonyl (C=O) groups is 2. The zero-order valence-corrected chi connectivity index (χ0v) is 15.6. The van der Waals surface area contributed by atoms with Crippen molar-refractivity contribution in [3.63, 3.8) is 0 Å². The van der Waals surface area contributed by atoms with Gasteiger partial charge >= 0.3 is 6.09 Å². The molecule has 0 saturated carbocycles. The van der Waals surface area contributed by atoms with E-state index in [0.29, 0.717) is 30.6 Å². The second kappa shape index (κ2) is 7.72. The molecule has 1 unspecified atom stereocenters. The molecule has 0 bridgehead atoms. The number of anilines is 1. The summed E-state index contributed by atoms with van der Waals surface area (Å²) in [6.07, 6.45) is 0.922. The molecule has 26 heavy (non-hydrogen) atoms. The van der Waals surface area contributed by atoms with Gasteiger partial charge in [-0.05, 0) is 46.6 Å². The van der Waals surface area contributed by atoms with E-state index < -0.39 is 16.6 Å². The fourth-order valence-electron chi connectivity index (χ4n) is 2.87. The molecule has 1 fully saturated rings. The van der Waals surface area contributed by atoms with Gasteiger partial charge in [0, 0.05) is 19.2 Å². The summed E-state index contributed by atoms with van der Waals surface area (Å²) in [5.74, 6) is -0.628. The zero-order valence-electron chi connectivity index (χ0n) is 15.6. The summed E-state index contributed by atoms with van der Waals surface area (Å²) in [5.41, 5.74) is 0.193. The van der Waals surface area contributed by atoms with Gasteiger partial charge < -0.3 is 15.0 Å². The number of amides is 2. The summed E-state index contributed by atoms with van der Waals surface area (Å²) in [7, 11) is 0. The van der Waals surface area contributed by atoms with Gasteiger partial charge in [-0.2, -0.15) is 0 Å². The summed E-state index contributed by atoms with van der Waals surface area (Å²) >= 11 is 0. The van der Waals surface area contributed by atoms with Crippen LogP contribution >= 0.6 is 0 Å². The fraction of sp³-hybridized carbons (Fsp3) is 0.556. The number of nitro benzene ring substituents is 1. The molecule has 1 N–H and O–H groups in total. The molecule has 1 atom stereocenters. The van der Waals surface area contributed by atoms with Crippen molar-refractivity contribution in [2.45, 2.75) is 46.1 Å². The Hall–Kier alpha value is -2.64. The quantitative estimate of drug-likeness (QED) is 0.654. The van der Waals surface area contributed by atoms with Crippen LogP contribution in [0.4, 0.5) is 16.2 Å². The number of benzene rings is 1. The molecule has 0 aromatic heterocycles. The van der Waals surface area contributed by atoms with Gasteiger partial charge in [-0.15, -0.1) is 0 Å². The van der Waals surface area contributed by atoms with Crippen molar-refractivity contribution in [3.05, 3.63) is 33.9 Å². The molecule has 0 radical (unpaired) electrons. The minimum absolute atomic E-state index is 0.0400. The Bertz CT molecular complexity index is 711. The minimum atomic E-state index is -0.591. The number of hydrogen-bond acceptors (Lipinski definition) is 5. The van der Waals surface area contributed by atoms with Gasteiger partial charge in [0.05, 0.1) is 22.1 Å². The van der Waals surface area contributed by atoms with Crippen LogP contribution in [0.1, 0.15) is 39.2 Å². The maximum absolute atomic E-state index is 12.6. The summed E-state index contributed by atoms with van der Waals surface area (Å²) in [5, 5.41) is 13.8. The maximum Gasteiger partial charge on any atom is 0.410 e. The lowest BCUT2D eigenvalue weighted by Gasteiger charge is -2.33. The number of carbonyl (C=O) groups excluding carboxylic acids is 2. The molecule has 0 spiro atoms. The van der Waals surface area contributed by atoms with E-state index in [0.717, 1.165) is 0 Å². The van der Waals surface area contributed by atoms with Crippen LogP contribution in [0.2, 0.25) is 0 Å². The van der Waals surface area contributed by atoms with Crippen molar-refractivity contribution in [3.8, 4) is 0 Å². The van der Waals surface area contributed by atoms with Crippen molar-refractivity contribution in [2.75, 3.05) is 18.4 Å². The highest BCUT2D eigenvalue weighted by Crippen LogP contribution is 2.27. The normalized spacial score (nSPS) is 17.5. The smallest absolute Gasteiger partial charge is 0.410 e. The lowest BCUT2D eigenvalue weighted by molar-refractivity contribution is -0.385. The summed E-state index contributed by atoms with van der Waals surface area (Å²) in [6, 6.07) is 4.57. The maximum atomic E-state index is 12.6. The number of rotatable bonds is 3. The van der Waals surface area contributed by atoms with Crippen LogP contribution in [0.5, 0.6) is 0 Å². The number of likely N-dealkylation sites (tertiary alicyclic amines) is 1. The average Bonchev–Trinajstić information content (AvgIpc) is 2.55. The molecule has 8 heteroatoms. The van der Waals surface area contributed by atoms with Gasteiger partial charge in [-0.3, -0.25) is 14.9 Å². The van der Waals surface area contributed by atoms with Crippen molar-refractivity contribution >= 4 is 23.4 Å². The second-order valence-electron chi connectivity index (χ2n) is 7.46. The van der Waals surface area contributed by atoms with E-state index in [9.17, 15) is 19.7 Å². The molecule has 1 heterocycles. The van der Waals surface area contributed by atoms with Crippen molar-refractivity contribution in [2.24, 2.45) is 5.92 Å². The van der Waals surface area contributed by atoms with Crippen LogP contribution in [-0.4, -0.2) is 40.5 Å². The first-order valence-electron chi connectivity index (χ1n) is 8.61. The van der Waals surface area contributed by atoms with Crippen LogP contribution in [0.3, 0.4) is 0 Å². The Kier molecular flexibility index (Phi) is 5.84. The predicted molar refractivity (Wildman–Crippen MR) is 97.0 cm³/mol. The van der Waals surface area contributed by atoms with E-state index in [2.05, 4.69) is 5.32 Å². The molecule has 1 aliphatic heterocycles. The largest absolute Gasteiger partial charge is 0.444 e. The highest BCUT2D eigenvalue weighted by Gasteiger charge is 2.31. The van der Waals surface area contributed by atoms with Crippen molar-refractivity contribution in [1.82, 2.24) is 4.90 Å². The molecule has 142 valence electrons. The van der Waals surface area contributed by atoms with E-state index in [-0.39, 0.29) is 24.1 Å². The summed E-state index contributed by atoms with van der Waals surface area (Å²) in [6.45, 7) is 7.81. The predicted octanol–water partition coefficient (Wildman–Crippen LogP) is 3.49. The average molecular weight is 363 g/mol. The number of nitrogens with zero attached hydrogens (tertiary/aromatic N) is 2. The molecule has 1 aromatic carbocycles. The SMILES string of the molecule is Cc1c(NC(=O)C2CCCN(C(=O)OC(C)(C)C)C2)cccc1[N+](=O)[O-]. The molecule has 2 amide bonds. The number of ether oxygens (including phenoxy) is 1. The van der Waals surface area contributed by atoms with Crippen LogP contribution in [0.15, 0.2) is 18.2 Å². The van der Waals surface area contributed by atoms with Gasteiger partial charge in [0.25, 0.3) is 5.69 Å². The lowest BCUT2D eigenvalue weighted by atomic mass is 9.97. The Labute approximate surface area is 152 Å². The first-order valence-corrected chi connectivity index (χ1v) is 8.61. The van der Waals surface area contributed by atoms with Crippen LogP contribution in [0, 0.1) is 23.0 Å². The van der Waals surface area contributed by atoms with Gasteiger partial charge in [-0.1, -0.05) is 6.07 Å².